The van der Waals surface area contributed by atoms with Crippen LogP contribution < -0.4 is 0 Å². The van der Waals surface area contributed by atoms with Gasteiger partial charge in [0.2, 0.25) is 0 Å². The minimum absolute atomic E-state index is 0.0402. The largest absolute Gasteiger partial charge is 0.458 e. The molecule has 2 aliphatic rings. The molecule has 0 unspecified atom stereocenters. The third kappa shape index (κ3) is 0.956. The number of fused-ring (bicyclic) bond motifs is 1. The lowest BCUT2D eigenvalue weighted by molar-refractivity contribution is -0.143. The van der Waals surface area contributed by atoms with Crippen LogP contribution in [-0.4, -0.2) is 28.6 Å². The summed E-state index contributed by atoms with van der Waals surface area (Å²) in [5.74, 6) is -0.554. The van der Waals surface area contributed by atoms with Crippen molar-refractivity contribution in [3.63, 3.8) is 0 Å². The fourth-order valence-electron chi connectivity index (χ4n) is 1.52. The molecule has 1 saturated heterocycles. The van der Waals surface area contributed by atoms with Crippen LogP contribution >= 0.6 is 0 Å². The highest BCUT2D eigenvalue weighted by molar-refractivity contribution is 5.93. The first-order valence-electron chi connectivity index (χ1n) is 3.74. The zero-order valence-electron chi connectivity index (χ0n) is 6.32. The molecule has 1 N–H and O–H groups in total. The van der Waals surface area contributed by atoms with Crippen LogP contribution in [-0.2, 0) is 14.3 Å². The third-order valence-corrected chi connectivity index (χ3v) is 2.20. The van der Waals surface area contributed by atoms with Crippen LogP contribution in [0.1, 0.15) is 12.8 Å². The molecule has 1 aliphatic heterocycles. The van der Waals surface area contributed by atoms with E-state index in [-0.39, 0.29) is 18.6 Å². The molecule has 0 radical (unpaired) electrons. The Morgan fingerprint density at radius 3 is 3.08 bits per heavy atom. The van der Waals surface area contributed by atoms with Crippen molar-refractivity contribution in [2.75, 3.05) is 0 Å². The van der Waals surface area contributed by atoms with E-state index in [9.17, 15) is 14.7 Å². The predicted molar refractivity (Wildman–Crippen MR) is 38.2 cm³/mol. The van der Waals surface area contributed by atoms with Gasteiger partial charge in [-0.25, -0.2) is 0 Å². The predicted octanol–water partition coefficient (Wildman–Crippen LogP) is -0.438. The molecule has 0 aromatic heterocycles. The maximum Gasteiger partial charge on any atom is 0.309 e. The van der Waals surface area contributed by atoms with Crippen molar-refractivity contribution in [2.24, 2.45) is 0 Å². The van der Waals surface area contributed by atoms with Gasteiger partial charge in [0.25, 0.3) is 0 Å². The lowest BCUT2D eigenvalue weighted by Crippen LogP contribution is -2.40. The fourth-order valence-corrected chi connectivity index (χ4v) is 1.52. The molecule has 0 aromatic rings. The van der Waals surface area contributed by atoms with Crippen molar-refractivity contribution in [1.29, 1.82) is 0 Å². The lowest BCUT2D eigenvalue weighted by Gasteiger charge is -2.25. The molecule has 4 nitrogen and oxygen atoms in total. The number of esters is 1. The number of rotatable bonds is 0. The van der Waals surface area contributed by atoms with E-state index in [2.05, 4.69) is 0 Å². The Bertz CT molecular complexity index is 281. The SMILES string of the molecule is O=C1C=C[C@@]2(O)CC(=O)O[C@@H]2C1. The summed E-state index contributed by atoms with van der Waals surface area (Å²) >= 11 is 0. The Hall–Kier alpha value is -1.16. The molecule has 64 valence electrons. The zero-order chi connectivity index (χ0) is 8.77. The van der Waals surface area contributed by atoms with Crippen molar-refractivity contribution in [1.82, 2.24) is 0 Å². The maximum absolute atomic E-state index is 10.9. The summed E-state index contributed by atoms with van der Waals surface area (Å²) < 4.78 is 4.78. The van der Waals surface area contributed by atoms with Gasteiger partial charge < -0.3 is 9.84 Å². The lowest BCUT2D eigenvalue weighted by atomic mass is 9.87. The Labute approximate surface area is 68.8 Å². The van der Waals surface area contributed by atoms with Crippen LogP contribution in [0.2, 0.25) is 0 Å². The van der Waals surface area contributed by atoms with Crippen molar-refractivity contribution < 1.29 is 19.4 Å². The Kier molecular flexibility index (Phi) is 1.35. The second-order valence-corrected chi connectivity index (χ2v) is 3.15. The van der Waals surface area contributed by atoms with Gasteiger partial charge in [-0.05, 0) is 12.2 Å². The Morgan fingerprint density at radius 2 is 2.33 bits per heavy atom. The number of carbonyl (C=O) groups is 2. The highest BCUT2D eigenvalue weighted by Gasteiger charge is 2.48. The standard InChI is InChI=1S/C8H8O4/c9-5-1-2-8(11)4-7(10)12-6(8)3-5/h1-2,6,11H,3-4H2/t6-,8-/m1/s1. The molecule has 0 saturated carbocycles. The van der Waals surface area contributed by atoms with Crippen molar-refractivity contribution in [3.05, 3.63) is 12.2 Å². The summed E-state index contributed by atoms with van der Waals surface area (Å²) in [6.07, 6.45) is 2.05. The summed E-state index contributed by atoms with van der Waals surface area (Å²) in [7, 11) is 0. The van der Waals surface area contributed by atoms with Gasteiger partial charge in [-0.15, -0.1) is 0 Å². The van der Waals surface area contributed by atoms with Crippen LogP contribution in [0.3, 0.4) is 0 Å². The van der Waals surface area contributed by atoms with Gasteiger partial charge in [0, 0.05) is 0 Å². The zero-order valence-corrected chi connectivity index (χ0v) is 6.32. The van der Waals surface area contributed by atoms with Crippen molar-refractivity contribution >= 4 is 11.8 Å². The van der Waals surface area contributed by atoms with E-state index in [4.69, 9.17) is 4.74 Å². The van der Waals surface area contributed by atoms with Gasteiger partial charge in [0.15, 0.2) is 5.78 Å². The summed E-state index contributed by atoms with van der Waals surface area (Å²) in [6.45, 7) is 0. The van der Waals surface area contributed by atoms with Gasteiger partial charge in [-0.3, -0.25) is 9.59 Å². The number of ketones is 1. The normalized spacial score (nSPS) is 39.6. The summed E-state index contributed by atoms with van der Waals surface area (Å²) in [5, 5.41) is 9.71. The first kappa shape index (κ1) is 7.49. The van der Waals surface area contributed by atoms with Crippen LogP contribution in [0.25, 0.3) is 0 Å². The molecular formula is C8H8O4. The topological polar surface area (TPSA) is 63.6 Å². The molecule has 4 heteroatoms. The third-order valence-electron chi connectivity index (χ3n) is 2.20. The van der Waals surface area contributed by atoms with Gasteiger partial charge in [-0.1, -0.05) is 0 Å². The van der Waals surface area contributed by atoms with Gasteiger partial charge >= 0.3 is 5.97 Å². The summed E-state index contributed by atoms with van der Waals surface area (Å²) in [4.78, 5) is 21.7. The molecule has 0 aromatic carbocycles. The highest BCUT2D eigenvalue weighted by atomic mass is 16.6. The maximum atomic E-state index is 10.9. The second-order valence-electron chi connectivity index (χ2n) is 3.15. The van der Waals surface area contributed by atoms with Crippen LogP contribution in [0, 0.1) is 0 Å². The van der Waals surface area contributed by atoms with Crippen LogP contribution in [0.4, 0.5) is 0 Å². The van der Waals surface area contributed by atoms with Crippen molar-refractivity contribution in [2.45, 2.75) is 24.5 Å². The van der Waals surface area contributed by atoms with E-state index in [1.54, 1.807) is 0 Å². The molecule has 0 bridgehead atoms. The number of aliphatic hydroxyl groups is 1. The molecule has 12 heavy (non-hydrogen) atoms. The first-order chi connectivity index (χ1) is 5.60. The molecule has 0 spiro atoms. The number of allylic oxidation sites excluding steroid dienone is 1. The van der Waals surface area contributed by atoms with E-state index >= 15 is 0 Å². The Balaban J connectivity index is 2.32. The summed E-state index contributed by atoms with van der Waals surface area (Å²) in [5.41, 5.74) is -1.23. The van der Waals surface area contributed by atoms with Gasteiger partial charge in [-0.2, -0.15) is 0 Å². The molecule has 1 aliphatic carbocycles. The fraction of sp³-hybridized carbons (Fsp3) is 0.500. The average molecular weight is 168 g/mol. The quantitative estimate of drug-likeness (QED) is 0.498. The minimum atomic E-state index is -1.23. The van der Waals surface area contributed by atoms with Gasteiger partial charge in [0.05, 0.1) is 12.8 Å². The monoisotopic (exact) mass is 168 g/mol. The van der Waals surface area contributed by atoms with E-state index in [1.807, 2.05) is 0 Å². The van der Waals surface area contributed by atoms with E-state index in [0.717, 1.165) is 0 Å². The molecule has 2 rings (SSSR count). The smallest absolute Gasteiger partial charge is 0.309 e. The molecule has 2 atom stereocenters. The van der Waals surface area contributed by atoms with E-state index in [1.165, 1.54) is 12.2 Å². The van der Waals surface area contributed by atoms with Crippen LogP contribution in [0.15, 0.2) is 12.2 Å². The molecule has 1 heterocycles. The molecular weight excluding hydrogens is 160 g/mol. The number of hydrogen-bond acceptors (Lipinski definition) is 4. The summed E-state index contributed by atoms with van der Waals surface area (Å²) in [6, 6.07) is 0. The number of ether oxygens (including phenoxy) is 1. The first-order valence-corrected chi connectivity index (χ1v) is 3.74. The van der Waals surface area contributed by atoms with E-state index < -0.39 is 17.7 Å². The molecule has 0 amide bonds. The Morgan fingerprint density at radius 1 is 1.58 bits per heavy atom. The van der Waals surface area contributed by atoms with Crippen molar-refractivity contribution in [3.8, 4) is 0 Å². The second kappa shape index (κ2) is 2.17. The minimum Gasteiger partial charge on any atom is -0.458 e. The average Bonchev–Trinajstić information content (AvgIpc) is 2.24. The highest BCUT2D eigenvalue weighted by Crippen LogP contribution is 2.33. The number of hydrogen-bond donors (Lipinski definition) is 1. The van der Waals surface area contributed by atoms with Crippen LogP contribution in [0.5, 0.6) is 0 Å². The molecule has 1 fully saturated rings. The van der Waals surface area contributed by atoms with Gasteiger partial charge in [0.1, 0.15) is 11.7 Å². The number of carbonyl (C=O) groups excluding carboxylic acids is 2. The van der Waals surface area contributed by atoms with E-state index in [0.29, 0.717) is 0 Å².